The molecule has 0 spiro atoms. The van der Waals surface area contributed by atoms with E-state index in [1.165, 1.54) is 12.3 Å². The van der Waals surface area contributed by atoms with Crippen molar-refractivity contribution in [2.75, 3.05) is 11.0 Å². The van der Waals surface area contributed by atoms with Crippen LogP contribution in [-0.4, -0.2) is 10.5 Å². The van der Waals surface area contributed by atoms with Crippen LogP contribution in [0.15, 0.2) is 18.2 Å². The molecule has 0 saturated heterocycles. The molecule has 0 fully saturated rings. The van der Waals surface area contributed by atoms with E-state index in [1.807, 2.05) is 13.0 Å². The highest BCUT2D eigenvalue weighted by atomic mass is 32.2. The quantitative estimate of drug-likeness (QED) is 0.797. The lowest BCUT2D eigenvalue weighted by atomic mass is 10.1. The topological polar surface area (TPSA) is 29.1 Å². The first-order chi connectivity index (χ1) is 6.15. The normalized spacial score (nSPS) is 12.5. The van der Waals surface area contributed by atoms with E-state index in [9.17, 15) is 8.60 Å². The molecule has 2 nitrogen and oxygen atoms in total. The Hall–Kier alpha value is -0.900. The summed E-state index contributed by atoms with van der Waals surface area (Å²) in [5.74, 6) is -0.352. The standard InChI is InChI=1S/C9H12FNOS/c1-3-7-5-4-6-8(10)9(7)11-13(2)12/h4-6,11H,3H2,1-2H3. The molecule has 0 aliphatic rings. The van der Waals surface area contributed by atoms with Crippen LogP contribution < -0.4 is 4.72 Å². The van der Waals surface area contributed by atoms with Crippen LogP contribution in [0.2, 0.25) is 0 Å². The molecule has 0 radical (unpaired) electrons. The maximum absolute atomic E-state index is 13.2. The molecule has 72 valence electrons. The Labute approximate surface area is 79.8 Å². The summed E-state index contributed by atoms with van der Waals surface area (Å²) in [6, 6.07) is 4.82. The van der Waals surface area contributed by atoms with E-state index in [4.69, 9.17) is 0 Å². The Kier molecular flexibility index (Phi) is 3.42. The molecule has 0 aliphatic heterocycles. The summed E-state index contributed by atoms with van der Waals surface area (Å²) >= 11 is 0. The van der Waals surface area contributed by atoms with E-state index >= 15 is 0 Å². The van der Waals surface area contributed by atoms with Crippen LogP contribution in [0.3, 0.4) is 0 Å². The lowest BCUT2D eigenvalue weighted by Gasteiger charge is -2.08. The summed E-state index contributed by atoms with van der Waals surface area (Å²) in [6.07, 6.45) is 2.20. The molecule has 0 heterocycles. The molecule has 0 amide bonds. The Morgan fingerprint density at radius 2 is 2.23 bits per heavy atom. The first-order valence-electron chi connectivity index (χ1n) is 4.02. The number of hydrogen-bond donors (Lipinski definition) is 1. The van der Waals surface area contributed by atoms with Gasteiger partial charge in [0, 0.05) is 6.26 Å². The molecule has 1 aromatic carbocycles. The summed E-state index contributed by atoms with van der Waals surface area (Å²) < 4.78 is 26.7. The van der Waals surface area contributed by atoms with Crippen LogP contribution in [0.1, 0.15) is 12.5 Å². The highest BCUT2D eigenvalue weighted by Crippen LogP contribution is 2.20. The minimum Gasteiger partial charge on any atom is -0.302 e. The zero-order valence-electron chi connectivity index (χ0n) is 7.63. The van der Waals surface area contributed by atoms with Gasteiger partial charge in [0.2, 0.25) is 0 Å². The van der Waals surface area contributed by atoms with Crippen LogP contribution >= 0.6 is 0 Å². The fourth-order valence-corrected chi connectivity index (χ4v) is 1.64. The predicted molar refractivity (Wildman–Crippen MR) is 53.5 cm³/mol. The van der Waals surface area contributed by atoms with Crippen LogP contribution in [0, 0.1) is 5.82 Å². The van der Waals surface area contributed by atoms with Gasteiger partial charge in [0.05, 0.1) is 5.69 Å². The molecule has 0 aromatic heterocycles. The number of para-hydroxylation sites is 1. The summed E-state index contributed by atoms with van der Waals surface area (Å²) in [7, 11) is -1.23. The Balaban J connectivity index is 3.07. The second-order valence-electron chi connectivity index (χ2n) is 2.68. The number of nitrogens with one attached hydrogen (secondary N) is 1. The fraction of sp³-hybridized carbons (Fsp3) is 0.333. The average Bonchev–Trinajstić information content (AvgIpc) is 2.08. The largest absolute Gasteiger partial charge is 0.302 e. The lowest BCUT2D eigenvalue weighted by molar-refractivity contribution is 0.630. The van der Waals surface area contributed by atoms with Gasteiger partial charge in [-0.1, -0.05) is 19.1 Å². The summed E-state index contributed by atoms with van der Waals surface area (Å²) in [6.45, 7) is 1.93. The average molecular weight is 201 g/mol. The fourth-order valence-electron chi connectivity index (χ4n) is 1.12. The molecular weight excluding hydrogens is 189 g/mol. The van der Waals surface area contributed by atoms with Gasteiger partial charge in [-0.15, -0.1) is 0 Å². The van der Waals surface area contributed by atoms with E-state index in [0.717, 1.165) is 12.0 Å². The Morgan fingerprint density at radius 1 is 1.54 bits per heavy atom. The monoisotopic (exact) mass is 201 g/mol. The van der Waals surface area contributed by atoms with E-state index in [2.05, 4.69) is 4.72 Å². The van der Waals surface area contributed by atoms with Gasteiger partial charge in [-0.3, -0.25) is 0 Å². The highest BCUT2D eigenvalue weighted by Gasteiger charge is 2.06. The number of halogens is 1. The minimum absolute atomic E-state index is 0.352. The van der Waals surface area contributed by atoms with Crippen molar-refractivity contribution in [3.05, 3.63) is 29.6 Å². The van der Waals surface area contributed by atoms with Crippen molar-refractivity contribution in [2.45, 2.75) is 13.3 Å². The Morgan fingerprint density at radius 3 is 2.77 bits per heavy atom. The number of rotatable bonds is 3. The van der Waals surface area contributed by atoms with E-state index < -0.39 is 11.0 Å². The molecular formula is C9H12FNOS. The van der Waals surface area contributed by atoms with Gasteiger partial charge in [0.15, 0.2) is 0 Å². The molecule has 0 saturated carbocycles. The van der Waals surface area contributed by atoms with Gasteiger partial charge < -0.3 is 4.72 Å². The third kappa shape index (κ3) is 2.52. The van der Waals surface area contributed by atoms with Crippen molar-refractivity contribution >= 4 is 16.7 Å². The van der Waals surface area contributed by atoms with Crippen molar-refractivity contribution < 1.29 is 8.60 Å². The minimum atomic E-state index is -1.23. The van der Waals surface area contributed by atoms with Gasteiger partial charge in [-0.2, -0.15) is 0 Å². The predicted octanol–water partition coefficient (Wildman–Crippen LogP) is 2.09. The molecule has 1 aromatic rings. The van der Waals surface area contributed by atoms with Gasteiger partial charge in [0.25, 0.3) is 0 Å². The highest BCUT2D eigenvalue weighted by molar-refractivity contribution is 7.85. The maximum Gasteiger partial charge on any atom is 0.147 e. The molecule has 0 aliphatic carbocycles. The van der Waals surface area contributed by atoms with Crippen LogP contribution in [0.5, 0.6) is 0 Å². The molecule has 13 heavy (non-hydrogen) atoms. The summed E-state index contributed by atoms with van der Waals surface area (Å²) in [5.41, 5.74) is 1.20. The van der Waals surface area contributed by atoms with Gasteiger partial charge in [-0.05, 0) is 18.1 Å². The smallest absolute Gasteiger partial charge is 0.147 e. The first-order valence-corrected chi connectivity index (χ1v) is 5.58. The first kappa shape index (κ1) is 10.2. The zero-order chi connectivity index (χ0) is 9.84. The number of aryl methyl sites for hydroxylation is 1. The second-order valence-corrected chi connectivity index (χ2v) is 3.80. The van der Waals surface area contributed by atoms with E-state index in [-0.39, 0.29) is 5.82 Å². The number of hydrogen-bond acceptors (Lipinski definition) is 1. The maximum atomic E-state index is 13.2. The van der Waals surface area contributed by atoms with Crippen LogP contribution in [0.4, 0.5) is 10.1 Å². The van der Waals surface area contributed by atoms with Gasteiger partial charge in [0.1, 0.15) is 16.8 Å². The Bertz CT molecular complexity index is 327. The molecule has 0 bridgehead atoms. The summed E-state index contributed by atoms with van der Waals surface area (Å²) in [4.78, 5) is 0. The third-order valence-corrected chi connectivity index (χ3v) is 2.22. The van der Waals surface area contributed by atoms with Crippen LogP contribution in [0.25, 0.3) is 0 Å². The zero-order valence-corrected chi connectivity index (χ0v) is 8.45. The van der Waals surface area contributed by atoms with Gasteiger partial charge >= 0.3 is 0 Å². The number of benzene rings is 1. The molecule has 1 rings (SSSR count). The van der Waals surface area contributed by atoms with Crippen molar-refractivity contribution in [3.63, 3.8) is 0 Å². The molecule has 1 unspecified atom stereocenters. The van der Waals surface area contributed by atoms with Crippen molar-refractivity contribution in [2.24, 2.45) is 0 Å². The molecule has 4 heteroatoms. The van der Waals surface area contributed by atoms with Crippen molar-refractivity contribution in [1.29, 1.82) is 0 Å². The molecule has 1 atom stereocenters. The van der Waals surface area contributed by atoms with Crippen LogP contribution in [-0.2, 0) is 17.4 Å². The third-order valence-electron chi connectivity index (χ3n) is 1.73. The van der Waals surface area contributed by atoms with Gasteiger partial charge in [-0.25, -0.2) is 8.60 Å². The van der Waals surface area contributed by atoms with E-state index in [0.29, 0.717) is 5.69 Å². The molecule has 1 N–H and O–H groups in total. The SMILES string of the molecule is CCc1cccc(F)c1NS(C)=O. The lowest BCUT2D eigenvalue weighted by Crippen LogP contribution is -2.05. The van der Waals surface area contributed by atoms with Crippen molar-refractivity contribution in [3.8, 4) is 0 Å². The van der Waals surface area contributed by atoms with Crippen molar-refractivity contribution in [1.82, 2.24) is 0 Å². The van der Waals surface area contributed by atoms with E-state index in [1.54, 1.807) is 6.07 Å². The number of anilines is 1. The second kappa shape index (κ2) is 4.37. The summed E-state index contributed by atoms with van der Waals surface area (Å²) in [5, 5.41) is 0.